The fourth-order valence-electron chi connectivity index (χ4n) is 2.21. The van der Waals surface area contributed by atoms with Gasteiger partial charge in [0.15, 0.2) is 0 Å². The molecule has 0 saturated carbocycles. The Morgan fingerprint density at radius 3 is 2.19 bits per heavy atom. The molecule has 0 spiro atoms. The van der Waals surface area contributed by atoms with Crippen LogP contribution in [0.25, 0.3) is 0 Å². The van der Waals surface area contributed by atoms with E-state index >= 15 is 0 Å². The topological polar surface area (TPSA) is 117 Å². The number of aliphatic hydroxyl groups excluding tert-OH is 1. The maximum atomic E-state index is 12.5. The third-order valence-corrected chi connectivity index (χ3v) is 3.82. The van der Waals surface area contributed by atoms with Crippen LogP contribution in [-0.4, -0.2) is 41.7 Å². The van der Waals surface area contributed by atoms with Gasteiger partial charge in [-0.3, -0.25) is 9.59 Å². The first-order valence-corrected chi connectivity index (χ1v) is 9.02. The Labute approximate surface area is 159 Å². The summed E-state index contributed by atoms with van der Waals surface area (Å²) in [4.78, 5) is 36.5. The van der Waals surface area contributed by atoms with E-state index in [1.165, 1.54) is 0 Å². The van der Waals surface area contributed by atoms with Crippen molar-refractivity contribution in [1.29, 1.82) is 0 Å². The number of alkyl carbamates (subject to hydrolysis) is 1. The van der Waals surface area contributed by atoms with E-state index in [2.05, 4.69) is 16.0 Å². The van der Waals surface area contributed by atoms with Gasteiger partial charge in [0.05, 0.1) is 13.2 Å². The third-order valence-electron chi connectivity index (χ3n) is 3.82. The molecule has 27 heavy (non-hydrogen) atoms. The lowest BCUT2D eigenvalue weighted by molar-refractivity contribution is -0.128. The lowest BCUT2D eigenvalue weighted by Crippen LogP contribution is -2.53. The van der Waals surface area contributed by atoms with Crippen molar-refractivity contribution in [1.82, 2.24) is 10.6 Å². The average Bonchev–Trinajstić information content (AvgIpc) is 2.64. The Morgan fingerprint density at radius 1 is 1.04 bits per heavy atom. The molecule has 2 atom stereocenters. The summed E-state index contributed by atoms with van der Waals surface area (Å²) in [5, 5.41) is 16.9. The number of carbonyl (C=O) groups is 3. The zero-order valence-corrected chi connectivity index (χ0v) is 16.2. The highest BCUT2D eigenvalue weighted by Crippen LogP contribution is 2.10. The van der Waals surface area contributed by atoms with Crippen molar-refractivity contribution >= 4 is 23.6 Å². The standard InChI is InChI=1S/C19H29N3O5/c1-5-10-27-19(26)22-16(12(2)3)18(25)20-13(4)17(24)21-15-8-6-14(11-23)7-9-15/h6-9,12-13,16,23H,5,10-11H2,1-4H3,(H,20,25)(H,21,24)(H,22,26)/t13-,16-/m0/s1. The first-order chi connectivity index (χ1) is 12.8. The van der Waals surface area contributed by atoms with E-state index in [9.17, 15) is 14.4 Å². The lowest BCUT2D eigenvalue weighted by atomic mass is 10.0. The molecule has 0 aromatic heterocycles. The Bertz CT molecular complexity index is 631. The van der Waals surface area contributed by atoms with E-state index < -0.39 is 30.0 Å². The van der Waals surface area contributed by atoms with Gasteiger partial charge in [-0.1, -0.05) is 32.9 Å². The van der Waals surface area contributed by atoms with E-state index in [-0.39, 0.29) is 19.1 Å². The van der Waals surface area contributed by atoms with Gasteiger partial charge in [-0.2, -0.15) is 0 Å². The van der Waals surface area contributed by atoms with Gasteiger partial charge in [0, 0.05) is 5.69 Å². The molecular formula is C19H29N3O5. The van der Waals surface area contributed by atoms with Gasteiger partial charge in [-0.25, -0.2) is 4.79 Å². The maximum absolute atomic E-state index is 12.5. The van der Waals surface area contributed by atoms with Crippen molar-refractivity contribution in [3.8, 4) is 0 Å². The number of hydrogen-bond acceptors (Lipinski definition) is 5. The highest BCUT2D eigenvalue weighted by molar-refractivity contribution is 5.98. The van der Waals surface area contributed by atoms with Crippen LogP contribution in [0.4, 0.5) is 10.5 Å². The molecule has 4 N–H and O–H groups in total. The van der Waals surface area contributed by atoms with Crippen LogP contribution in [0.2, 0.25) is 0 Å². The summed E-state index contributed by atoms with van der Waals surface area (Å²) >= 11 is 0. The normalized spacial score (nSPS) is 12.8. The van der Waals surface area contributed by atoms with Gasteiger partial charge in [0.25, 0.3) is 0 Å². The minimum atomic E-state index is -0.812. The van der Waals surface area contributed by atoms with Crippen LogP contribution >= 0.6 is 0 Å². The van der Waals surface area contributed by atoms with E-state index in [1.807, 2.05) is 6.92 Å². The van der Waals surface area contributed by atoms with Gasteiger partial charge in [-0.15, -0.1) is 0 Å². The number of hydrogen-bond donors (Lipinski definition) is 4. The van der Waals surface area contributed by atoms with Crippen molar-refractivity contribution in [3.63, 3.8) is 0 Å². The largest absolute Gasteiger partial charge is 0.450 e. The smallest absolute Gasteiger partial charge is 0.407 e. The van der Waals surface area contributed by atoms with E-state index in [4.69, 9.17) is 9.84 Å². The zero-order valence-electron chi connectivity index (χ0n) is 16.2. The molecule has 0 saturated heterocycles. The summed E-state index contributed by atoms with van der Waals surface area (Å²) in [7, 11) is 0. The summed E-state index contributed by atoms with van der Waals surface area (Å²) in [5.74, 6) is -1.03. The molecule has 0 unspecified atom stereocenters. The average molecular weight is 379 g/mol. The van der Waals surface area contributed by atoms with E-state index in [0.717, 1.165) is 5.56 Å². The first kappa shape index (κ1) is 22.4. The van der Waals surface area contributed by atoms with Crippen LogP contribution in [0.15, 0.2) is 24.3 Å². The van der Waals surface area contributed by atoms with E-state index in [1.54, 1.807) is 45.0 Å². The second-order valence-electron chi connectivity index (χ2n) is 6.58. The second-order valence-corrected chi connectivity index (χ2v) is 6.58. The number of rotatable bonds is 9. The Hall–Kier alpha value is -2.61. The second kappa shape index (κ2) is 11.2. The highest BCUT2D eigenvalue weighted by Gasteiger charge is 2.27. The van der Waals surface area contributed by atoms with Crippen molar-refractivity contribution in [3.05, 3.63) is 29.8 Å². The zero-order chi connectivity index (χ0) is 20.4. The minimum absolute atomic E-state index is 0.0784. The molecular weight excluding hydrogens is 350 g/mol. The lowest BCUT2D eigenvalue weighted by Gasteiger charge is -2.23. The SMILES string of the molecule is CCCOC(=O)N[C@H](C(=O)N[C@@H](C)C(=O)Nc1ccc(CO)cc1)C(C)C. The Balaban J connectivity index is 2.62. The molecule has 3 amide bonds. The fourth-order valence-corrected chi connectivity index (χ4v) is 2.21. The van der Waals surface area contributed by atoms with Crippen LogP contribution < -0.4 is 16.0 Å². The number of ether oxygens (including phenoxy) is 1. The van der Waals surface area contributed by atoms with Crippen molar-refractivity contribution in [2.45, 2.75) is 52.8 Å². The fraction of sp³-hybridized carbons (Fsp3) is 0.526. The molecule has 150 valence electrons. The Morgan fingerprint density at radius 2 is 1.67 bits per heavy atom. The quantitative estimate of drug-likeness (QED) is 0.522. The molecule has 8 nitrogen and oxygen atoms in total. The molecule has 1 aromatic rings. The summed E-state index contributed by atoms with van der Waals surface area (Å²) in [6.07, 6.45) is 0.0226. The summed E-state index contributed by atoms with van der Waals surface area (Å²) in [5.41, 5.74) is 1.29. The van der Waals surface area contributed by atoms with E-state index in [0.29, 0.717) is 12.1 Å². The molecule has 1 aromatic carbocycles. The number of nitrogens with one attached hydrogen (secondary N) is 3. The molecule has 0 heterocycles. The highest BCUT2D eigenvalue weighted by atomic mass is 16.5. The minimum Gasteiger partial charge on any atom is -0.450 e. The van der Waals surface area contributed by atoms with Crippen molar-refractivity contribution in [2.75, 3.05) is 11.9 Å². The molecule has 8 heteroatoms. The molecule has 0 radical (unpaired) electrons. The monoisotopic (exact) mass is 379 g/mol. The van der Waals surface area contributed by atoms with Gasteiger partial charge in [-0.05, 0) is 37.0 Å². The van der Waals surface area contributed by atoms with Gasteiger partial charge in [0.1, 0.15) is 12.1 Å². The van der Waals surface area contributed by atoms with Gasteiger partial charge < -0.3 is 25.8 Å². The molecule has 0 aliphatic carbocycles. The van der Waals surface area contributed by atoms with Crippen LogP contribution in [0.1, 0.15) is 39.7 Å². The maximum Gasteiger partial charge on any atom is 0.407 e. The van der Waals surface area contributed by atoms with Gasteiger partial charge >= 0.3 is 6.09 Å². The summed E-state index contributed by atoms with van der Waals surface area (Å²) in [6, 6.07) is 5.11. The predicted octanol–water partition coefficient (Wildman–Crippen LogP) is 1.78. The van der Waals surface area contributed by atoms with Crippen molar-refractivity contribution < 1.29 is 24.2 Å². The van der Waals surface area contributed by atoms with Crippen LogP contribution in [0, 0.1) is 5.92 Å². The number of aliphatic hydroxyl groups is 1. The molecule has 0 aliphatic heterocycles. The number of anilines is 1. The van der Waals surface area contributed by atoms with Crippen LogP contribution in [0.3, 0.4) is 0 Å². The Kier molecular flexibility index (Phi) is 9.29. The molecule has 1 rings (SSSR count). The van der Waals surface area contributed by atoms with Crippen LogP contribution in [-0.2, 0) is 20.9 Å². The van der Waals surface area contributed by atoms with Gasteiger partial charge in [0.2, 0.25) is 11.8 Å². The number of benzene rings is 1. The molecule has 0 bridgehead atoms. The summed E-state index contributed by atoms with van der Waals surface area (Å²) in [6.45, 7) is 7.20. The number of amides is 3. The predicted molar refractivity (Wildman–Crippen MR) is 102 cm³/mol. The third kappa shape index (κ3) is 7.65. The van der Waals surface area contributed by atoms with Crippen molar-refractivity contribution in [2.24, 2.45) is 5.92 Å². The summed E-state index contributed by atoms with van der Waals surface area (Å²) < 4.78 is 4.95. The molecule has 0 aliphatic rings. The van der Waals surface area contributed by atoms with Crippen LogP contribution in [0.5, 0.6) is 0 Å². The molecule has 0 fully saturated rings. The number of carbonyl (C=O) groups excluding carboxylic acids is 3. The first-order valence-electron chi connectivity index (χ1n) is 9.02.